The maximum atomic E-state index is 12.4. The summed E-state index contributed by atoms with van der Waals surface area (Å²) in [7, 11) is 0. The van der Waals surface area contributed by atoms with E-state index in [1.165, 1.54) is 6.42 Å². The Balaban J connectivity index is 1.92. The van der Waals surface area contributed by atoms with Gasteiger partial charge < -0.3 is 15.0 Å². The minimum Gasteiger partial charge on any atom is -0.380 e. The summed E-state index contributed by atoms with van der Waals surface area (Å²) in [6.07, 6.45) is 4.47. The van der Waals surface area contributed by atoms with Crippen molar-refractivity contribution in [3.63, 3.8) is 0 Å². The van der Waals surface area contributed by atoms with E-state index in [4.69, 9.17) is 4.74 Å². The van der Waals surface area contributed by atoms with Crippen LogP contribution in [0.2, 0.25) is 0 Å². The lowest BCUT2D eigenvalue weighted by Gasteiger charge is -2.37. The van der Waals surface area contributed by atoms with E-state index in [9.17, 15) is 4.79 Å². The van der Waals surface area contributed by atoms with Crippen molar-refractivity contribution in [2.45, 2.75) is 38.6 Å². The number of nitrogens with one attached hydrogen (secondary N) is 1. The van der Waals surface area contributed by atoms with Gasteiger partial charge >= 0.3 is 0 Å². The number of amides is 1. The highest BCUT2D eigenvalue weighted by Gasteiger charge is 2.32. The molecule has 2 aliphatic heterocycles. The Morgan fingerprint density at radius 2 is 2.29 bits per heavy atom. The van der Waals surface area contributed by atoms with Gasteiger partial charge in [0.2, 0.25) is 5.91 Å². The second-order valence-corrected chi connectivity index (χ2v) is 5.03. The van der Waals surface area contributed by atoms with E-state index in [2.05, 4.69) is 10.2 Å². The minimum absolute atomic E-state index is 0.206. The topological polar surface area (TPSA) is 41.6 Å². The fourth-order valence-electron chi connectivity index (χ4n) is 2.82. The molecule has 0 aliphatic carbocycles. The van der Waals surface area contributed by atoms with E-state index in [0.717, 1.165) is 45.5 Å². The van der Waals surface area contributed by atoms with Gasteiger partial charge in [-0.15, -0.1) is 0 Å². The van der Waals surface area contributed by atoms with Gasteiger partial charge in [0, 0.05) is 19.7 Å². The summed E-state index contributed by atoms with van der Waals surface area (Å²) < 4.78 is 5.51. The van der Waals surface area contributed by atoms with Gasteiger partial charge in [-0.25, -0.2) is 0 Å². The van der Waals surface area contributed by atoms with Crippen LogP contribution in [0.25, 0.3) is 0 Å². The van der Waals surface area contributed by atoms with Crippen molar-refractivity contribution in [3.05, 3.63) is 0 Å². The summed E-state index contributed by atoms with van der Waals surface area (Å²) in [4.78, 5) is 14.5. The monoisotopic (exact) mass is 240 g/mol. The third-order valence-corrected chi connectivity index (χ3v) is 3.83. The van der Waals surface area contributed by atoms with Crippen molar-refractivity contribution in [3.8, 4) is 0 Å². The minimum atomic E-state index is 0.206. The third kappa shape index (κ3) is 3.19. The second kappa shape index (κ2) is 6.36. The summed E-state index contributed by atoms with van der Waals surface area (Å²) in [6, 6.07) is 0.316. The lowest BCUT2D eigenvalue weighted by molar-refractivity contribution is -0.140. The Bertz CT molecular complexity index is 252. The number of piperidine rings is 1. The Labute approximate surface area is 104 Å². The lowest BCUT2D eigenvalue weighted by Crippen LogP contribution is -2.48. The molecule has 2 saturated heterocycles. The number of ether oxygens (including phenoxy) is 1. The zero-order valence-electron chi connectivity index (χ0n) is 10.8. The third-order valence-electron chi connectivity index (χ3n) is 3.83. The quantitative estimate of drug-likeness (QED) is 0.797. The fraction of sp³-hybridized carbons (Fsp3) is 0.923. The number of carbonyl (C=O) groups is 1. The zero-order valence-corrected chi connectivity index (χ0v) is 10.8. The lowest BCUT2D eigenvalue weighted by atomic mass is 9.99. The smallest absolute Gasteiger partial charge is 0.227 e. The average molecular weight is 240 g/mol. The summed E-state index contributed by atoms with van der Waals surface area (Å²) in [5.74, 6) is 0.552. The molecule has 0 aromatic rings. The first kappa shape index (κ1) is 12.8. The van der Waals surface area contributed by atoms with Gasteiger partial charge in [0.25, 0.3) is 0 Å². The zero-order chi connectivity index (χ0) is 12.1. The van der Waals surface area contributed by atoms with Gasteiger partial charge in [0.05, 0.1) is 18.6 Å². The van der Waals surface area contributed by atoms with Crippen LogP contribution >= 0.6 is 0 Å². The number of carbonyl (C=O) groups excluding carboxylic acids is 1. The molecule has 2 heterocycles. The molecule has 0 spiro atoms. The molecule has 2 rings (SSSR count). The molecule has 0 aromatic heterocycles. The van der Waals surface area contributed by atoms with E-state index in [1.807, 2.05) is 6.92 Å². The fourth-order valence-corrected chi connectivity index (χ4v) is 2.82. The molecule has 4 nitrogen and oxygen atoms in total. The molecular formula is C13H24N2O2. The van der Waals surface area contributed by atoms with Crippen LogP contribution in [-0.4, -0.2) is 49.7 Å². The molecule has 0 aromatic carbocycles. The first-order chi connectivity index (χ1) is 8.33. The van der Waals surface area contributed by atoms with E-state index >= 15 is 0 Å². The summed E-state index contributed by atoms with van der Waals surface area (Å²) in [5, 5.41) is 3.27. The maximum absolute atomic E-state index is 12.4. The molecule has 1 amide bonds. The van der Waals surface area contributed by atoms with Crippen LogP contribution in [0.1, 0.15) is 32.6 Å². The molecule has 0 unspecified atom stereocenters. The van der Waals surface area contributed by atoms with Gasteiger partial charge in [0.1, 0.15) is 0 Å². The van der Waals surface area contributed by atoms with Crippen LogP contribution in [0.4, 0.5) is 0 Å². The standard InChI is InChI=1S/C13H24N2O2/c1-2-17-10-12-5-3-4-8-15(12)13(16)11-6-7-14-9-11/h11-12,14H,2-10H2,1H3/t11-,12+/m0/s1. The Hall–Kier alpha value is -0.610. The first-order valence-electron chi connectivity index (χ1n) is 6.92. The molecule has 2 fully saturated rings. The number of likely N-dealkylation sites (tertiary alicyclic amines) is 1. The molecule has 98 valence electrons. The Morgan fingerprint density at radius 1 is 1.41 bits per heavy atom. The number of hydrogen-bond donors (Lipinski definition) is 1. The van der Waals surface area contributed by atoms with Crippen molar-refractivity contribution in [1.82, 2.24) is 10.2 Å². The second-order valence-electron chi connectivity index (χ2n) is 5.03. The highest BCUT2D eigenvalue weighted by molar-refractivity contribution is 5.79. The number of hydrogen-bond acceptors (Lipinski definition) is 3. The van der Waals surface area contributed by atoms with Gasteiger partial charge in [0.15, 0.2) is 0 Å². The average Bonchev–Trinajstić information content (AvgIpc) is 2.89. The van der Waals surface area contributed by atoms with Gasteiger partial charge in [-0.05, 0) is 39.2 Å². The van der Waals surface area contributed by atoms with Crippen molar-refractivity contribution < 1.29 is 9.53 Å². The van der Waals surface area contributed by atoms with Crippen LogP contribution in [0.5, 0.6) is 0 Å². The van der Waals surface area contributed by atoms with E-state index in [0.29, 0.717) is 18.6 Å². The number of rotatable bonds is 4. The molecule has 0 radical (unpaired) electrons. The van der Waals surface area contributed by atoms with Gasteiger partial charge in [-0.2, -0.15) is 0 Å². The largest absolute Gasteiger partial charge is 0.380 e. The molecule has 0 saturated carbocycles. The van der Waals surface area contributed by atoms with Crippen molar-refractivity contribution in [1.29, 1.82) is 0 Å². The van der Waals surface area contributed by atoms with Crippen LogP contribution < -0.4 is 5.32 Å². The predicted octanol–water partition coefficient (Wildman–Crippen LogP) is 1.01. The summed E-state index contributed by atoms with van der Waals surface area (Å²) >= 11 is 0. The molecular weight excluding hydrogens is 216 g/mol. The Kier molecular flexibility index (Phi) is 4.80. The normalized spacial score (nSPS) is 29.6. The van der Waals surface area contributed by atoms with Gasteiger partial charge in [-0.3, -0.25) is 4.79 Å². The Morgan fingerprint density at radius 3 is 3.00 bits per heavy atom. The predicted molar refractivity (Wildman–Crippen MR) is 66.8 cm³/mol. The molecule has 1 N–H and O–H groups in total. The van der Waals surface area contributed by atoms with E-state index < -0.39 is 0 Å². The molecule has 17 heavy (non-hydrogen) atoms. The SMILES string of the molecule is CCOC[C@H]1CCCCN1C(=O)[C@H]1CCNC1. The van der Waals surface area contributed by atoms with Crippen molar-refractivity contribution >= 4 is 5.91 Å². The summed E-state index contributed by atoms with van der Waals surface area (Å²) in [6.45, 7) is 6.23. The first-order valence-corrected chi connectivity index (χ1v) is 6.92. The van der Waals surface area contributed by atoms with Gasteiger partial charge in [-0.1, -0.05) is 0 Å². The highest BCUT2D eigenvalue weighted by atomic mass is 16.5. The van der Waals surface area contributed by atoms with Crippen LogP contribution in [0.3, 0.4) is 0 Å². The molecule has 2 aliphatic rings. The summed E-state index contributed by atoms with van der Waals surface area (Å²) in [5.41, 5.74) is 0. The highest BCUT2D eigenvalue weighted by Crippen LogP contribution is 2.21. The van der Waals surface area contributed by atoms with Crippen LogP contribution in [0.15, 0.2) is 0 Å². The van der Waals surface area contributed by atoms with E-state index in [1.54, 1.807) is 0 Å². The van der Waals surface area contributed by atoms with Crippen molar-refractivity contribution in [2.75, 3.05) is 32.8 Å². The molecule has 0 bridgehead atoms. The number of nitrogens with zero attached hydrogens (tertiary/aromatic N) is 1. The van der Waals surface area contributed by atoms with Crippen molar-refractivity contribution in [2.24, 2.45) is 5.92 Å². The maximum Gasteiger partial charge on any atom is 0.227 e. The van der Waals surface area contributed by atoms with E-state index in [-0.39, 0.29) is 5.92 Å². The van der Waals surface area contributed by atoms with Crippen LogP contribution in [-0.2, 0) is 9.53 Å². The molecule has 4 heteroatoms. The van der Waals surface area contributed by atoms with Crippen LogP contribution in [0, 0.1) is 5.92 Å². The molecule has 2 atom stereocenters.